The first-order valence-electron chi connectivity index (χ1n) is 9.60. The lowest BCUT2D eigenvalue weighted by Gasteiger charge is -2.35. The fraction of sp³-hybridized carbons (Fsp3) is 0.450. The Morgan fingerprint density at radius 2 is 2.00 bits per heavy atom. The number of nitrogens with zero attached hydrogens (tertiary/aromatic N) is 5. The van der Waals surface area contributed by atoms with Crippen LogP contribution in [-0.4, -0.2) is 61.2 Å². The van der Waals surface area contributed by atoms with Gasteiger partial charge in [0, 0.05) is 44.5 Å². The molecule has 3 heterocycles. The maximum absolute atomic E-state index is 12.8. The van der Waals surface area contributed by atoms with Crippen molar-refractivity contribution >= 4 is 23.0 Å². The number of amides is 2. The van der Waals surface area contributed by atoms with Gasteiger partial charge in [0.2, 0.25) is 5.95 Å². The zero-order valence-corrected chi connectivity index (χ0v) is 17.1. The van der Waals surface area contributed by atoms with Gasteiger partial charge in [0.15, 0.2) is 0 Å². The van der Waals surface area contributed by atoms with Crippen LogP contribution >= 0.6 is 0 Å². The number of aryl methyl sites for hydroxylation is 2. The molecule has 2 N–H and O–H groups in total. The molecule has 1 fully saturated rings. The molecule has 0 aliphatic carbocycles. The van der Waals surface area contributed by atoms with Crippen LogP contribution in [-0.2, 0) is 14.1 Å². The highest BCUT2D eigenvalue weighted by atomic mass is 16.5. The van der Waals surface area contributed by atoms with Gasteiger partial charge in [-0.15, -0.1) is 0 Å². The smallest absolute Gasteiger partial charge is 0.324 e. The second-order valence-corrected chi connectivity index (χ2v) is 7.82. The minimum atomic E-state index is -0.708. The molecule has 154 valence electrons. The van der Waals surface area contributed by atoms with Gasteiger partial charge < -0.3 is 19.3 Å². The third-order valence-corrected chi connectivity index (χ3v) is 5.57. The van der Waals surface area contributed by atoms with Gasteiger partial charge in [-0.3, -0.25) is 10.00 Å². The highest BCUT2D eigenvalue weighted by Crippen LogP contribution is 2.35. The Balaban J connectivity index is 1.69. The summed E-state index contributed by atoms with van der Waals surface area (Å²) in [4.78, 5) is 19.1. The number of nitrogens with one attached hydrogen (secondary N) is 1. The largest absolute Gasteiger partial charge is 0.494 e. The van der Waals surface area contributed by atoms with E-state index in [4.69, 9.17) is 4.74 Å². The van der Waals surface area contributed by atoms with Crippen LogP contribution in [0.25, 0.3) is 22.2 Å². The van der Waals surface area contributed by atoms with E-state index in [1.54, 1.807) is 29.8 Å². The van der Waals surface area contributed by atoms with Crippen molar-refractivity contribution in [2.45, 2.75) is 25.4 Å². The molecular formula is C20H26N6O3. The second-order valence-electron chi connectivity index (χ2n) is 7.82. The Morgan fingerprint density at radius 1 is 1.28 bits per heavy atom. The number of imidazole rings is 1. The second kappa shape index (κ2) is 7.07. The van der Waals surface area contributed by atoms with E-state index in [0.717, 1.165) is 16.6 Å². The number of aromatic nitrogens is 4. The standard InChI is InChI=1S/C20H26N6O3/c1-20(28)7-9-26(10-8-20)19(27)23-18-22-16-15(29-4)6-5-14(17(16)25(18)3)13-11-21-24(2)12-13/h5-6,11-12,28H,7-10H2,1-4H3,(H,22,23,27). The Bertz CT molecular complexity index is 1060. The Kier molecular flexibility index (Phi) is 4.70. The number of carbonyl (C=O) groups excluding carboxylic acids is 1. The summed E-state index contributed by atoms with van der Waals surface area (Å²) >= 11 is 0. The van der Waals surface area contributed by atoms with Crippen LogP contribution in [0.3, 0.4) is 0 Å². The molecule has 0 spiro atoms. The number of hydrogen-bond acceptors (Lipinski definition) is 5. The molecule has 0 unspecified atom stereocenters. The Labute approximate surface area is 168 Å². The van der Waals surface area contributed by atoms with Gasteiger partial charge >= 0.3 is 6.03 Å². The molecule has 3 aromatic rings. The minimum Gasteiger partial charge on any atom is -0.494 e. The first-order valence-corrected chi connectivity index (χ1v) is 9.60. The molecule has 1 saturated heterocycles. The number of piperidine rings is 1. The van der Waals surface area contributed by atoms with Crippen molar-refractivity contribution in [3.8, 4) is 16.9 Å². The summed E-state index contributed by atoms with van der Waals surface area (Å²) in [5, 5.41) is 17.3. The van der Waals surface area contributed by atoms with Crippen molar-refractivity contribution in [2.75, 3.05) is 25.5 Å². The molecule has 9 nitrogen and oxygen atoms in total. The third kappa shape index (κ3) is 3.53. The number of anilines is 1. The van der Waals surface area contributed by atoms with E-state index in [2.05, 4.69) is 15.4 Å². The van der Waals surface area contributed by atoms with E-state index >= 15 is 0 Å². The number of carbonyl (C=O) groups is 1. The molecule has 0 radical (unpaired) electrons. The number of hydrogen-bond donors (Lipinski definition) is 2. The van der Waals surface area contributed by atoms with Crippen molar-refractivity contribution in [1.82, 2.24) is 24.2 Å². The van der Waals surface area contributed by atoms with Gasteiger partial charge in [-0.2, -0.15) is 5.10 Å². The van der Waals surface area contributed by atoms with E-state index in [1.807, 2.05) is 37.0 Å². The van der Waals surface area contributed by atoms with Crippen LogP contribution in [0, 0.1) is 0 Å². The molecule has 0 atom stereocenters. The summed E-state index contributed by atoms with van der Waals surface area (Å²) in [7, 11) is 5.34. The van der Waals surface area contributed by atoms with Gasteiger partial charge in [-0.25, -0.2) is 9.78 Å². The molecule has 2 amide bonds. The lowest BCUT2D eigenvalue weighted by atomic mass is 9.94. The zero-order chi connectivity index (χ0) is 20.8. The SMILES string of the molecule is COc1ccc(-c2cnn(C)c2)c2c1nc(NC(=O)N1CCC(C)(O)CC1)n2C. The summed E-state index contributed by atoms with van der Waals surface area (Å²) in [5.74, 6) is 1.08. The van der Waals surface area contributed by atoms with Gasteiger partial charge in [-0.1, -0.05) is 0 Å². The van der Waals surface area contributed by atoms with Crippen molar-refractivity contribution in [2.24, 2.45) is 14.1 Å². The number of likely N-dealkylation sites (tertiary alicyclic amines) is 1. The molecule has 2 aromatic heterocycles. The van der Waals surface area contributed by atoms with Crippen LogP contribution in [0.4, 0.5) is 10.7 Å². The van der Waals surface area contributed by atoms with Crippen LogP contribution < -0.4 is 10.1 Å². The first kappa shape index (κ1) is 19.3. The van der Waals surface area contributed by atoms with Crippen LogP contribution in [0.1, 0.15) is 19.8 Å². The number of benzene rings is 1. The van der Waals surface area contributed by atoms with Crippen LogP contribution in [0.15, 0.2) is 24.5 Å². The number of aliphatic hydroxyl groups is 1. The predicted molar refractivity (Wildman–Crippen MR) is 110 cm³/mol. The van der Waals surface area contributed by atoms with Gasteiger partial charge in [-0.05, 0) is 31.9 Å². The molecule has 4 rings (SSSR count). The number of fused-ring (bicyclic) bond motifs is 1. The minimum absolute atomic E-state index is 0.221. The zero-order valence-electron chi connectivity index (χ0n) is 17.1. The molecule has 1 aliphatic heterocycles. The summed E-state index contributed by atoms with van der Waals surface area (Å²) in [5.41, 5.74) is 2.74. The normalized spacial score (nSPS) is 16.2. The Hall–Kier alpha value is -3.07. The Morgan fingerprint density at radius 3 is 2.62 bits per heavy atom. The summed E-state index contributed by atoms with van der Waals surface area (Å²) < 4.78 is 9.09. The van der Waals surface area contributed by atoms with Crippen LogP contribution in [0.5, 0.6) is 5.75 Å². The predicted octanol–water partition coefficient (Wildman–Crippen LogP) is 2.36. The summed E-state index contributed by atoms with van der Waals surface area (Å²) in [6, 6.07) is 3.62. The van der Waals surface area contributed by atoms with Crippen molar-refractivity contribution in [1.29, 1.82) is 0 Å². The lowest BCUT2D eigenvalue weighted by Crippen LogP contribution is -2.46. The highest BCUT2D eigenvalue weighted by Gasteiger charge is 2.30. The van der Waals surface area contributed by atoms with Crippen molar-refractivity contribution in [3.05, 3.63) is 24.5 Å². The number of rotatable bonds is 3. The number of methoxy groups -OCH3 is 1. The summed E-state index contributed by atoms with van der Waals surface area (Å²) in [6.07, 6.45) is 4.85. The number of urea groups is 1. The van der Waals surface area contributed by atoms with Gasteiger partial charge in [0.25, 0.3) is 0 Å². The quantitative estimate of drug-likeness (QED) is 0.706. The van der Waals surface area contributed by atoms with Crippen molar-refractivity contribution in [3.63, 3.8) is 0 Å². The maximum atomic E-state index is 12.8. The molecular weight excluding hydrogens is 372 g/mol. The molecule has 29 heavy (non-hydrogen) atoms. The van der Waals surface area contributed by atoms with Gasteiger partial charge in [0.1, 0.15) is 11.3 Å². The fourth-order valence-corrected chi connectivity index (χ4v) is 3.73. The van der Waals surface area contributed by atoms with Gasteiger partial charge in [0.05, 0.1) is 24.4 Å². The van der Waals surface area contributed by atoms with E-state index in [1.165, 1.54) is 0 Å². The molecule has 1 aromatic carbocycles. The fourth-order valence-electron chi connectivity index (χ4n) is 3.73. The average Bonchev–Trinajstić information content (AvgIpc) is 3.25. The monoisotopic (exact) mass is 398 g/mol. The van der Waals surface area contributed by atoms with E-state index < -0.39 is 5.60 Å². The molecule has 0 saturated carbocycles. The maximum Gasteiger partial charge on any atom is 0.324 e. The first-order chi connectivity index (χ1) is 13.8. The highest BCUT2D eigenvalue weighted by molar-refractivity contribution is 5.99. The molecule has 1 aliphatic rings. The number of ether oxygens (including phenoxy) is 1. The molecule has 0 bridgehead atoms. The van der Waals surface area contributed by atoms with Crippen molar-refractivity contribution < 1.29 is 14.6 Å². The van der Waals surface area contributed by atoms with E-state index in [9.17, 15) is 9.90 Å². The van der Waals surface area contributed by atoms with Crippen LogP contribution in [0.2, 0.25) is 0 Å². The van der Waals surface area contributed by atoms with E-state index in [0.29, 0.717) is 43.1 Å². The molecule has 9 heteroatoms. The summed E-state index contributed by atoms with van der Waals surface area (Å²) in [6.45, 7) is 2.82. The topological polar surface area (TPSA) is 97.4 Å². The third-order valence-electron chi connectivity index (χ3n) is 5.57. The lowest BCUT2D eigenvalue weighted by molar-refractivity contribution is 0.00568. The van der Waals surface area contributed by atoms with E-state index in [-0.39, 0.29) is 6.03 Å². The average molecular weight is 398 g/mol.